The number of aromatic hydroxyl groups is 1. The maximum atomic E-state index is 11.4. The molecule has 4 nitrogen and oxygen atoms in total. The average Bonchev–Trinajstić information content (AvgIpc) is 2.89. The summed E-state index contributed by atoms with van der Waals surface area (Å²) in [6.07, 6.45) is 0. The molecule has 0 aliphatic carbocycles. The molecule has 180 valence electrons. The van der Waals surface area contributed by atoms with Crippen LogP contribution in [0, 0.1) is 0 Å². The number of rotatable bonds is 6. The normalized spacial score (nSPS) is 9.57. The van der Waals surface area contributed by atoms with Gasteiger partial charge in [0.25, 0.3) is 0 Å². The Morgan fingerprint density at radius 3 is 1.57 bits per heavy atom. The van der Waals surface area contributed by atoms with Gasteiger partial charge in [-0.3, -0.25) is 9.59 Å². The summed E-state index contributed by atoms with van der Waals surface area (Å²) in [5, 5.41) is 10.0. The average molecular weight is 533 g/mol. The molecule has 0 fully saturated rings. The number of alkyl halides is 1. The number of hydrogen-bond acceptors (Lipinski definition) is 4. The fourth-order valence-electron chi connectivity index (χ4n) is 2.96. The van der Waals surface area contributed by atoms with Crippen molar-refractivity contribution < 1.29 is 19.4 Å². The van der Waals surface area contributed by atoms with E-state index in [1.54, 1.807) is 31.2 Å². The van der Waals surface area contributed by atoms with Gasteiger partial charge in [-0.05, 0) is 49.2 Å². The summed E-state index contributed by atoms with van der Waals surface area (Å²) >= 11 is 3.36. The second kappa shape index (κ2) is 15.3. The predicted molar refractivity (Wildman–Crippen MR) is 144 cm³/mol. The van der Waals surface area contributed by atoms with E-state index < -0.39 is 0 Å². The fourth-order valence-corrected chi connectivity index (χ4v) is 3.33. The number of hydrogen-bond donors (Lipinski definition) is 1. The minimum Gasteiger partial charge on any atom is -0.507 e. The van der Waals surface area contributed by atoms with E-state index in [9.17, 15) is 9.59 Å². The molecule has 35 heavy (non-hydrogen) atoms. The quantitative estimate of drug-likeness (QED) is 0.204. The van der Waals surface area contributed by atoms with Crippen LogP contribution in [0.25, 0.3) is 0 Å². The van der Waals surface area contributed by atoms with Crippen LogP contribution in [-0.4, -0.2) is 16.7 Å². The third kappa shape index (κ3) is 9.98. The van der Waals surface area contributed by atoms with Crippen molar-refractivity contribution in [1.82, 2.24) is 0 Å². The standard InChI is InChI=1S/C15H14O2.C8H8O2.C7H7Br/c1-12(16)14-9-5-6-10-15(14)17-11-13-7-3-2-4-8-13;1-6(9)7-4-2-3-5-8(7)10;8-6-7-4-2-1-3-5-7/h2-10H,11H2,1H3;2-5,10H,1H3;1-5H,6H2. The van der Waals surface area contributed by atoms with Gasteiger partial charge in [0.15, 0.2) is 11.6 Å². The van der Waals surface area contributed by atoms with E-state index in [0.29, 0.717) is 23.5 Å². The van der Waals surface area contributed by atoms with E-state index in [4.69, 9.17) is 9.84 Å². The van der Waals surface area contributed by atoms with Crippen LogP contribution in [-0.2, 0) is 11.9 Å². The lowest BCUT2D eigenvalue weighted by atomic mass is 10.1. The maximum Gasteiger partial charge on any atom is 0.163 e. The summed E-state index contributed by atoms with van der Waals surface area (Å²) in [7, 11) is 0. The number of ether oxygens (including phenoxy) is 1. The van der Waals surface area contributed by atoms with E-state index in [1.165, 1.54) is 18.6 Å². The third-order valence-electron chi connectivity index (χ3n) is 4.78. The van der Waals surface area contributed by atoms with Gasteiger partial charge in [0.05, 0.1) is 11.1 Å². The number of ketones is 2. The highest BCUT2D eigenvalue weighted by atomic mass is 79.9. The minimum atomic E-state index is -0.113. The van der Waals surface area contributed by atoms with E-state index >= 15 is 0 Å². The van der Waals surface area contributed by atoms with Gasteiger partial charge in [-0.1, -0.05) is 101 Å². The number of Topliss-reactive ketones (excluding diaryl/α,β-unsaturated/α-hetero) is 2. The fraction of sp³-hybridized carbons (Fsp3) is 0.133. The molecule has 0 radical (unpaired) electrons. The molecule has 0 aliphatic heterocycles. The topological polar surface area (TPSA) is 63.6 Å². The Bertz CT molecular complexity index is 1190. The zero-order chi connectivity index (χ0) is 25.5. The zero-order valence-electron chi connectivity index (χ0n) is 19.9. The number of phenolic OH excluding ortho intramolecular Hbond substituents is 1. The molecule has 0 amide bonds. The molecule has 0 atom stereocenters. The first kappa shape index (κ1) is 27.5. The zero-order valence-corrected chi connectivity index (χ0v) is 21.4. The molecule has 0 aromatic heterocycles. The lowest BCUT2D eigenvalue weighted by Gasteiger charge is -2.09. The Kier molecular flexibility index (Phi) is 12.0. The molecular weight excluding hydrogens is 504 g/mol. The van der Waals surface area contributed by atoms with Crippen LogP contribution in [0.1, 0.15) is 45.7 Å². The smallest absolute Gasteiger partial charge is 0.163 e. The number of benzene rings is 4. The van der Waals surface area contributed by atoms with Crippen LogP contribution in [0.2, 0.25) is 0 Å². The molecule has 5 heteroatoms. The Morgan fingerprint density at radius 1 is 0.657 bits per heavy atom. The highest BCUT2D eigenvalue weighted by Crippen LogP contribution is 2.19. The van der Waals surface area contributed by atoms with Gasteiger partial charge in [-0.2, -0.15) is 0 Å². The summed E-state index contributed by atoms with van der Waals surface area (Å²) in [5.74, 6) is 0.602. The van der Waals surface area contributed by atoms with Crippen molar-refractivity contribution in [3.05, 3.63) is 131 Å². The van der Waals surface area contributed by atoms with E-state index in [-0.39, 0.29) is 17.3 Å². The van der Waals surface area contributed by atoms with Crippen LogP contribution in [0.3, 0.4) is 0 Å². The van der Waals surface area contributed by atoms with Crippen molar-refractivity contribution in [1.29, 1.82) is 0 Å². The van der Waals surface area contributed by atoms with Crippen molar-refractivity contribution in [2.24, 2.45) is 0 Å². The molecule has 4 aromatic rings. The molecule has 0 heterocycles. The molecule has 4 aromatic carbocycles. The van der Waals surface area contributed by atoms with Gasteiger partial charge < -0.3 is 9.84 Å². The van der Waals surface area contributed by atoms with Crippen LogP contribution < -0.4 is 4.74 Å². The molecular formula is C30H29BrO4. The molecule has 0 bridgehead atoms. The molecule has 0 aliphatic rings. The van der Waals surface area contributed by atoms with Crippen LogP contribution in [0.5, 0.6) is 11.5 Å². The minimum absolute atomic E-state index is 0.0219. The van der Waals surface area contributed by atoms with Gasteiger partial charge in [-0.15, -0.1) is 0 Å². The summed E-state index contributed by atoms with van der Waals surface area (Å²) in [5.41, 5.74) is 3.42. The van der Waals surface area contributed by atoms with Gasteiger partial charge in [0, 0.05) is 5.33 Å². The van der Waals surface area contributed by atoms with E-state index in [1.807, 2.05) is 66.7 Å². The van der Waals surface area contributed by atoms with E-state index in [0.717, 1.165) is 10.9 Å². The first-order valence-electron chi connectivity index (χ1n) is 11.1. The van der Waals surface area contributed by atoms with Crippen LogP contribution >= 0.6 is 15.9 Å². The van der Waals surface area contributed by atoms with Crippen molar-refractivity contribution in [3.8, 4) is 11.5 Å². The first-order chi connectivity index (χ1) is 16.9. The second-order valence-electron chi connectivity index (χ2n) is 7.52. The highest BCUT2D eigenvalue weighted by molar-refractivity contribution is 9.08. The second-order valence-corrected chi connectivity index (χ2v) is 8.08. The number of carbonyl (C=O) groups excluding carboxylic acids is 2. The summed E-state index contributed by atoms with van der Waals surface area (Å²) in [6, 6.07) is 34.0. The molecule has 4 rings (SSSR count). The van der Waals surface area contributed by atoms with Gasteiger partial charge in [-0.25, -0.2) is 0 Å². The largest absolute Gasteiger partial charge is 0.507 e. The monoisotopic (exact) mass is 532 g/mol. The number of para-hydroxylation sites is 2. The molecule has 0 spiro atoms. The number of phenols is 1. The lowest BCUT2D eigenvalue weighted by Crippen LogP contribution is -2.01. The van der Waals surface area contributed by atoms with Gasteiger partial charge >= 0.3 is 0 Å². The summed E-state index contributed by atoms with van der Waals surface area (Å²) < 4.78 is 5.66. The van der Waals surface area contributed by atoms with Gasteiger partial charge in [0.1, 0.15) is 18.1 Å². The first-order valence-corrected chi connectivity index (χ1v) is 12.2. The number of carbonyl (C=O) groups is 2. The summed E-state index contributed by atoms with van der Waals surface area (Å²) in [4.78, 5) is 22.1. The van der Waals surface area contributed by atoms with Crippen molar-refractivity contribution in [3.63, 3.8) is 0 Å². The molecule has 0 saturated heterocycles. The van der Waals surface area contributed by atoms with Crippen molar-refractivity contribution in [2.45, 2.75) is 25.8 Å². The molecule has 0 unspecified atom stereocenters. The Labute approximate surface area is 215 Å². The van der Waals surface area contributed by atoms with Crippen LogP contribution in [0.4, 0.5) is 0 Å². The molecule has 0 saturated carbocycles. The van der Waals surface area contributed by atoms with Crippen LogP contribution in [0.15, 0.2) is 109 Å². The third-order valence-corrected chi connectivity index (χ3v) is 5.43. The molecule has 1 N–H and O–H groups in total. The Hall–Kier alpha value is -3.70. The van der Waals surface area contributed by atoms with E-state index in [2.05, 4.69) is 28.1 Å². The van der Waals surface area contributed by atoms with Crippen molar-refractivity contribution >= 4 is 27.5 Å². The van der Waals surface area contributed by atoms with Gasteiger partial charge in [0.2, 0.25) is 0 Å². The Balaban J connectivity index is 0.000000204. The maximum absolute atomic E-state index is 11.4. The SMILES string of the molecule is BrCc1ccccc1.CC(=O)c1ccccc1O.CC(=O)c1ccccc1OCc1ccccc1. The van der Waals surface area contributed by atoms with Crippen molar-refractivity contribution in [2.75, 3.05) is 0 Å². The predicted octanol–water partition coefficient (Wildman–Crippen LogP) is 7.64. The lowest BCUT2D eigenvalue weighted by molar-refractivity contribution is 0.100. The Morgan fingerprint density at radius 2 is 1.11 bits per heavy atom. The summed E-state index contributed by atoms with van der Waals surface area (Å²) in [6.45, 7) is 3.45. The number of halogens is 1. The highest BCUT2D eigenvalue weighted by Gasteiger charge is 2.07.